The number of nitrogens with zero attached hydrogens (tertiary/aromatic N) is 4. The molecule has 1 unspecified atom stereocenters. The summed E-state index contributed by atoms with van der Waals surface area (Å²) in [5.41, 5.74) is 7.46. The van der Waals surface area contributed by atoms with Gasteiger partial charge in [-0.15, -0.1) is 17.5 Å². The quantitative estimate of drug-likeness (QED) is 0.913. The van der Waals surface area contributed by atoms with Gasteiger partial charge in [0.15, 0.2) is 5.69 Å². The molecular formula is C15H19Cl2N5O. The molecule has 0 saturated carbocycles. The number of nitrogens with two attached hydrogens (primary N) is 1. The van der Waals surface area contributed by atoms with Crippen LogP contribution in [0, 0.1) is 12.8 Å². The van der Waals surface area contributed by atoms with Gasteiger partial charge in [-0.2, -0.15) is 0 Å². The summed E-state index contributed by atoms with van der Waals surface area (Å²) in [5, 5.41) is 8.72. The number of aromatic nitrogens is 3. The first-order chi connectivity index (χ1) is 10.6. The van der Waals surface area contributed by atoms with Crippen molar-refractivity contribution in [3.63, 3.8) is 0 Å². The lowest BCUT2D eigenvalue weighted by Crippen LogP contribution is -2.30. The van der Waals surface area contributed by atoms with E-state index in [0.717, 1.165) is 18.7 Å². The average Bonchev–Trinajstić information content (AvgIpc) is 3.14. The summed E-state index contributed by atoms with van der Waals surface area (Å²) in [6.45, 7) is 3.84. The molecule has 1 fully saturated rings. The highest BCUT2D eigenvalue weighted by Crippen LogP contribution is 2.23. The van der Waals surface area contributed by atoms with Crippen LogP contribution < -0.4 is 5.73 Å². The highest BCUT2D eigenvalue weighted by Gasteiger charge is 2.29. The van der Waals surface area contributed by atoms with E-state index in [1.807, 2.05) is 25.1 Å². The molecule has 2 N–H and O–H groups in total. The molecule has 0 bridgehead atoms. The van der Waals surface area contributed by atoms with E-state index in [1.165, 1.54) is 0 Å². The Bertz CT molecular complexity index is 703. The molecule has 1 saturated heterocycles. The zero-order chi connectivity index (χ0) is 15.7. The van der Waals surface area contributed by atoms with Crippen molar-refractivity contribution >= 4 is 29.9 Å². The zero-order valence-corrected chi connectivity index (χ0v) is 14.3. The number of hydrogen-bond acceptors (Lipinski definition) is 4. The number of carbonyl (C=O) groups excluding carboxylic acids is 1. The minimum atomic E-state index is -0.0910. The molecule has 1 amide bonds. The Hall–Kier alpha value is -1.63. The second kappa shape index (κ2) is 7.29. The summed E-state index contributed by atoms with van der Waals surface area (Å²) in [6.07, 6.45) is 0.944. The van der Waals surface area contributed by atoms with E-state index in [-0.39, 0.29) is 18.3 Å². The Morgan fingerprint density at radius 2 is 2.17 bits per heavy atom. The third-order valence-electron chi connectivity index (χ3n) is 4.08. The molecule has 2 aromatic rings. The number of halogens is 2. The van der Waals surface area contributed by atoms with Crippen LogP contribution in [0.15, 0.2) is 24.3 Å². The Morgan fingerprint density at radius 3 is 2.83 bits per heavy atom. The Morgan fingerprint density at radius 1 is 1.43 bits per heavy atom. The van der Waals surface area contributed by atoms with Crippen LogP contribution in [0.4, 0.5) is 0 Å². The molecule has 0 spiro atoms. The monoisotopic (exact) mass is 355 g/mol. The summed E-state index contributed by atoms with van der Waals surface area (Å²) in [7, 11) is 0. The number of carbonyl (C=O) groups is 1. The molecule has 23 heavy (non-hydrogen) atoms. The molecule has 1 aliphatic heterocycles. The maximum absolute atomic E-state index is 12.6. The van der Waals surface area contributed by atoms with Gasteiger partial charge in [-0.25, -0.2) is 4.68 Å². The molecule has 0 radical (unpaired) electrons. The molecule has 8 heteroatoms. The molecule has 6 nitrogen and oxygen atoms in total. The van der Waals surface area contributed by atoms with E-state index in [9.17, 15) is 4.79 Å². The van der Waals surface area contributed by atoms with Crippen LogP contribution in [0.1, 0.15) is 22.6 Å². The van der Waals surface area contributed by atoms with Crippen LogP contribution in [0.25, 0.3) is 5.69 Å². The third-order valence-corrected chi connectivity index (χ3v) is 4.40. The van der Waals surface area contributed by atoms with Crippen LogP contribution in [-0.4, -0.2) is 45.4 Å². The molecule has 124 valence electrons. The number of amides is 1. The second-order valence-corrected chi connectivity index (χ2v) is 5.94. The van der Waals surface area contributed by atoms with Crippen LogP contribution in [0.3, 0.4) is 0 Å². The largest absolute Gasteiger partial charge is 0.337 e. The zero-order valence-electron chi connectivity index (χ0n) is 12.8. The maximum atomic E-state index is 12.6. The van der Waals surface area contributed by atoms with Crippen LogP contribution in [-0.2, 0) is 0 Å². The minimum Gasteiger partial charge on any atom is -0.337 e. The topological polar surface area (TPSA) is 77.0 Å². The Labute approximate surface area is 146 Å². The third kappa shape index (κ3) is 3.34. The summed E-state index contributed by atoms with van der Waals surface area (Å²) >= 11 is 6.19. The fourth-order valence-electron chi connectivity index (χ4n) is 2.74. The van der Waals surface area contributed by atoms with E-state index in [4.69, 9.17) is 17.3 Å². The lowest BCUT2D eigenvalue weighted by Gasteiger charge is -2.15. The second-order valence-electron chi connectivity index (χ2n) is 5.53. The van der Waals surface area contributed by atoms with Gasteiger partial charge in [0.05, 0.1) is 16.4 Å². The molecule has 1 aromatic heterocycles. The molecule has 1 atom stereocenters. The highest BCUT2D eigenvalue weighted by atomic mass is 35.5. The van der Waals surface area contributed by atoms with Crippen molar-refractivity contribution in [3.8, 4) is 5.69 Å². The summed E-state index contributed by atoms with van der Waals surface area (Å²) in [4.78, 5) is 14.4. The highest BCUT2D eigenvalue weighted by molar-refractivity contribution is 6.32. The SMILES string of the molecule is Cc1c(C(=O)N2CCC(CN)C2)nnn1-c1ccccc1Cl.Cl. The first kappa shape index (κ1) is 17.7. The first-order valence-corrected chi connectivity index (χ1v) is 7.66. The number of benzene rings is 1. The lowest BCUT2D eigenvalue weighted by atomic mass is 10.1. The van der Waals surface area contributed by atoms with Gasteiger partial charge in [-0.1, -0.05) is 28.9 Å². The predicted octanol–water partition coefficient (Wildman–Crippen LogP) is 2.07. The summed E-state index contributed by atoms with van der Waals surface area (Å²) < 4.78 is 1.60. The predicted molar refractivity (Wildman–Crippen MR) is 91.4 cm³/mol. The number of hydrogen-bond donors (Lipinski definition) is 1. The van der Waals surface area contributed by atoms with Gasteiger partial charge in [0.1, 0.15) is 0 Å². The van der Waals surface area contributed by atoms with E-state index in [0.29, 0.717) is 35.4 Å². The van der Waals surface area contributed by atoms with Crippen molar-refractivity contribution in [2.75, 3.05) is 19.6 Å². The van der Waals surface area contributed by atoms with Gasteiger partial charge in [0.25, 0.3) is 5.91 Å². The number of para-hydroxylation sites is 1. The molecule has 1 aliphatic rings. The fourth-order valence-corrected chi connectivity index (χ4v) is 2.95. The van der Waals surface area contributed by atoms with Crippen molar-refractivity contribution in [2.24, 2.45) is 11.7 Å². The maximum Gasteiger partial charge on any atom is 0.276 e. The molecule has 1 aromatic carbocycles. The van der Waals surface area contributed by atoms with E-state index >= 15 is 0 Å². The van der Waals surface area contributed by atoms with Gasteiger partial charge in [-0.05, 0) is 37.9 Å². The van der Waals surface area contributed by atoms with Gasteiger partial charge in [-0.3, -0.25) is 4.79 Å². The van der Waals surface area contributed by atoms with E-state index < -0.39 is 0 Å². The van der Waals surface area contributed by atoms with Crippen molar-refractivity contribution in [1.29, 1.82) is 0 Å². The van der Waals surface area contributed by atoms with Gasteiger partial charge in [0, 0.05) is 13.1 Å². The van der Waals surface area contributed by atoms with Gasteiger partial charge >= 0.3 is 0 Å². The van der Waals surface area contributed by atoms with Crippen molar-refractivity contribution in [1.82, 2.24) is 19.9 Å². The van der Waals surface area contributed by atoms with E-state index in [2.05, 4.69) is 10.3 Å². The van der Waals surface area contributed by atoms with Gasteiger partial charge < -0.3 is 10.6 Å². The lowest BCUT2D eigenvalue weighted by molar-refractivity contribution is 0.0781. The normalized spacial score (nSPS) is 17.2. The van der Waals surface area contributed by atoms with Crippen LogP contribution in [0.2, 0.25) is 5.02 Å². The molecule has 2 heterocycles. The number of rotatable bonds is 3. The fraction of sp³-hybridized carbons (Fsp3) is 0.400. The minimum absolute atomic E-state index is 0. The summed E-state index contributed by atoms with van der Waals surface area (Å²) in [6, 6.07) is 7.35. The van der Waals surface area contributed by atoms with Crippen molar-refractivity contribution in [3.05, 3.63) is 40.7 Å². The van der Waals surface area contributed by atoms with Crippen LogP contribution in [0.5, 0.6) is 0 Å². The average molecular weight is 356 g/mol. The summed E-state index contributed by atoms with van der Waals surface area (Å²) in [5.74, 6) is 0.287. The van der Waals surface area contributed by atoms with E-state index in [1.54, 1.807) is 15.6 Å². The molecule has 3 rings (SSSR count). The Kier molecular flexibility index (Phi) is 5.62. The van der Waals surface area contributed by atoms with Gasteiger partial charge in [0.2, 0.25) is 0 Å². The number of likely N-dealkylation sites (tertiary alicyclic amines) is 1. The first-order valence-electron chi connectivity index (χ1n) is 7.28. The Balaban J connectivity index is 0.00000192. The smallest absolute Gasteiger partial charge is 0.276 e. The van der Waals surface area contributed by atoms with Crippen molar-refractivity contribution < 1.29 is 4.79 Å². The van der Waals surface area contributed by atoms with Crippen molar-refractivity contribution in [2.45, 2.75) is 13.3 Å². The standard InChI is InChI=1S/C15H18ClN5O.ClH/c1-10-14(15(22)20-7-6-11(8-17)9-20)18-19-21(10)13-5-3-2-4-12(13)16;/h2-5,11H,6-9,17H2,1H3;1H. The molecular weight excluding hydrogens is 337 g/mol. The van der Waals surface area contributed by atoms with Crippen LogP contribution >= 0.6 is 24.0 Å². The molecule has 0 aliphatic carbocycles.